The minimum Gasteiger partial charge on any atom is -0.486 e. The molecule has 110 valence electrons. The lowest BCUT2D eigenvalue weighted by Crippen LogP contribution is -2.02. The zero-order valence-corrected chi connectivity index (χ0v) is 12.2. The molecule has 0 saturated heterocycles. The van der Waals surface area contributed by atoms with E-state index in [0.717, 1.165) is 11.1 Å². The third-order valence-electron chi connectivity index (χ3n) is 3.50. The highest BCUT2D eigenvalue weighted by molar-refractivity contribution is 6.22. The van der Waals surface area contributed by atoms with Gasteiger partial charge in [-0.1, -0.05) is 49.6 Å². The van der Waals surface area contributed by atoms with Gasteiger partial charge in [0.2, 0.25) is 0 Å². The maximum Gasteiger partial charge on any atom is 0.194 e. The Morgan fingerprint density at radius 2 is 1.36 bits per heavy atom. The Labute approximate surface area is 129 Å². The Balaban J connectivity index is 2.11. The van der Waals surface area contributed by atoms with E-state index in [1.165, 1.54) is 0 Å². The normalized spacial score (nSPS) is 11.5. The number of benzene rings is 2. The number of hydrogen-bond donors (Lipinski definition) is 0. The summed E-state index contributed by atoms with van der Waals surface area (Å²) in [6.45, 7) is 8.02. The monoisotopic (exact) mass is 292 g/mol. The first-order valence-electron chi connectivity index (χ1n) is 7.05. The minimum absolute atomic E-state index is 0.0179. The molecule has 0 amide bonds. The highest BCUT2D eigenvalue weighted by Gasteiger charge is 2.28. The largest absolute Gasteiger partial charge is 0.486 e. The predicted octanol–water partition coefficient (Wildman–Crippen LogP) is 4.03. The van der Waals surface area contributed by atoms with E-state index in [-0.39, 0.29) is 5.78 Å². The molecule has 0 spiro atoms. The molecule has 0 aromatic heterocycles. The first-order chi connectivity index (χ1) is 10.8. The van der Waals surface area contributed by atoms with Crippen LogP contribution in [0.5, 0.6) is 11.5 Å². The zero-order chi connectivity index (χ0) is 15.5. The van der Waals surface area contributed by atoms with Gasteiger partial charge in [0.15, 0.2) is 17.3 Å². The Kier molecular flexibility index (Phi) is 3.79. The van der Waals surface area contributed by atoms with E-state index in [9.17, 15) is 4.79 Å². The third kappa shape index (κ3) is 2.31. The van der Waals surface area contributed by atoms with E-state index in [1.54, 1.807) is 18.2 Å². The van der Waals surface area contributed by atoms with Crippen LogP contribution >= 0.6 is 0 Å². The molecule has 0 bridgehead atoms. The molecule has 0 unspecified atom stereocenters. The Bertz CT molecular complexity index is 759. The van der Waals surface area contributed by atoms with Gasteiger partial charge in [-0.2, -0.15) is 0 Å². The van der Waals surface area contributed by atoms with E-state index < -0.39 is 0 Å². The molecule has 22 heavy (non-hydrogen) atoms. The molecule has 2 aromatic carbocycles. The molecular weight excluding hydrogens is 276 g/mol. The number of rotatable bonds is 6. The van der Waals surface area contributed by atoms with Crippen molar-refractivity contribution < 1.29 is 14.3 Å². The first kappa shape index (κ1) is 14.1. The lowest BCUT2D eigenvalue weighted by molar-refractivity contribution is 0.104. The van der Waals surface area contributed by atoms with Crippen LogP contribution < -0.4 is 9.47 Å². The molecule has 3 nitrogen and oxygen atoms in total. The summed E-state index contributed by atoms with van der Waals surface area (Å²) >= 11 is 0. The van der Waals surface area contributed by atoms with Gasteiger partial charge >= 0.3 is 0 Å². The number of carbonyl (C=O) groups excluding carboxylic acids is 1. The number of ketones is 1. The SMILES string of the molecule is C=CCOc1cc2c(cc1OCC=C)-c1ccccc1C2=O. The minimum atomic E-state index is 0.0179. The summed E-state index contributed by atoms with van der Waals surface area (Å²) in [7, 11) is 0. The van der Waals surface area contributed by atoms with Crippen molar-refractivity contribution in [2.24, 2.45) is 0 Å². The van der Waals surface area contributed by atoms with Crippen molar-refractivity contribution in [1.29, 1.82) is 0 Å². The highest BCUT2D eigenvalue weighted by Crippen LogP contribution is 2.42. The van der Waals surface area contributed by atoms with Gasteiger partial charge in [-0.15, -0.1) is 0 Å². The van der Waals surface area contributed by atoms with Gasteiger partial charge in [0.25, 0.3) is 0 Å². The second-order valence-electron chi connectivity index (χ2n) is 4.92. The van der Waals surface area contributed by atoms with Crippen LogP contribution in [0.3, 0.4) is 0 Å². The van der Waals surface area contributed by atoms with Gasteiger partial charge in [-0.3, -0.25) is 4.79 Å². The lowest BCUT2D eigenvalue weighted by atomic mass is 10.1. The zero-order valence-electron chi connectivity index (χ0n) is 12.2. The Morgan fingerprint density at radius 1 is 0.818 bits per heavy atom. The maximum absolute atomic E-state index is 12.5. The third-order valence-corrected chi connectivity index (χ3v) is 3.50. The summed E-state index contributed by atoms with van der Waals surface area (Å²) in [5.41, 5.74) is 3.17. The maximum atomic E-state index is 12.5. The van der Waals surface area contributed by atoms with Gasteiger partial charge in [0.05, 0.1) is 0 Å². The van der Waals surface area contributed by atoms with Crippen molar-refractivity contribution in [3.05, 3.63) is 72.8 Å². The number of ether oxygens (including phenoxy) is 2. The average molecular weight is 292 g/mol. The fourth-order valence-electron chi connectivity index (χ4n) is 2.55. The second kappa shape index (κ2) is 5.90. The average Bonchev–Trinajstić information content (AvgIpc) is 2.83. The molecule has 3 heteroatoms. The summed E-state index contributed by atoms with van der Waals surface area (Å²) in [5, 5.41) is 0. The van der Waals surface area contributed by atoms with E-state index in [4.69, 9.17) is 9.47 Å². The van der Waals surface area contributed by atoms with Crippen LogP contribution in [0.2, 0.25) is 0 Å². The molecule has 0 atom stereocenters. The molecule has 0 heterocycles. The topological polar surface area (TPSA) is 35.5 Å². The second-order valence-corrected chi connectivity index (χ2v) is 4.92. The van der Waals surface area contributed by atoms with Crippen LogP contribution in [0, 0.1) is 0 Å². The van der Waals surface area contributed by atoms with Gasteiger partial charge < -0.3 is 9.47 Å². The van der Waals surface area contributed by atoms with Crippen LogP contribution in [-0.2, 0) is 0 Å². The van der Waals surface area contributed by atoms with Gasteiger partial charge in [-0.05, 0) is 23.3 Å². The molecule has 1 aliphatic rings. The van der Waals surface area contributed by atoms with Crippen LogP contribution in [0.4, 0.5) is 0 Å². The summed E-state index contributed by atoms with van der Waals surface area (Å²) in [5.74, 6) is 1.16. The quantitative estimate of drug-likeness (QED) is 0.643. The Morgan fingerprint density at radius 3 is 1.95 bits per heavy atom. The number of carbonyl (C=O) groups is 1. The van der Waals surface area contributed by atoms with Crippen molar-refractivity contribution >= 4 is 5.78 Å². The van der Waals surface area contributed by atoms with E-state index in [1.807, 2.05) is 30.3 Å². The molecule has 0 radical (unpaired) electrons. The molecule has 2 aromatic rings. The van der Waals surface area contributed by atoms with E-state index in [0.29, 0.717) is 35.8 Å². The first-order valence-corrected chi connectivity index (χ1v) is 7.05. The summed E-state index contributed by atoms with van der Waals surface area (Å²) in [4.78, 5) is 12.5. The van der Waals surface area contributed by atoms with E-state index >= 15 is 0 Å². The molecule has 3 rings (SSSR count). The van der Waals surface area contributed by atoms with Crippen molar-refractivity contribution in [2.75, 3.05) is 13.2 Å². The van der Waals surface area contributed by atoms with Crippen LogP contribution in [0.1, 0.15) is 15.9 Å². The smallest absolute Gasteiger partial charge is 0.194 e. The fraction of sp³-hybridized carbons (Fsp3) is 0.105. The summed E-state index contributed by atoms with van der Waals surface area (Å²) in [6, 6.07) is 11.2. The van der Waals surface area contributed by atoms with Crippen molar-refractivity contribution in [3.8, 4) is 22.6 Å². The van der Waals surface area contributed by atoms with Crippen LogP contribution in [0.25, 0.3) is 11.1 Å². The molecule has 0 saturated carbocycles. The standard InChI is InChI=1S/C19H16O3/c1-3-9-21-17-11-15-13-7-5-6-8-14(13)19(20)16(15)12-18(17)22-10-4-2/h3-8,11-12H,1-2,9-10H2. The highest BCUT2D eigenvalue weighted by atomic mass is 16.5. The van der Waals surface area contributed by atoms with E-state index in [2.05, 4.69) is 13.2 Å². The van der Waals surface area contributed by atoms with Gasteiger partial charge in [0, 0.05) is 11.1 Å². The van der Waals surface area contributed by atoms with Crippen molar-refractivity contribution in [2.45, 2.75) is 0 Å². The molecule has 1 aliphatic carbocycles. The molecular formula is C19H16O3. The van der Waals surface area contributed by atoms with Crippen LogP contribution in [0.15, 0.2) is 61.7 Å². The summed E-state index contributed by atoms with van der Waals surface area (Å²) in [6.07, 6.45) is 3.32. The molecule has 0 fully saturated rings. The lowest BCUT2D eigenvalue weighted by Gasteiger charge is -2.13. The van der Waals surface area contributed by atoms with Crippen LogP contribution in [-0.4, -0.2) is 19.0 Å². The predicted molar refractivity (Wildman–Crippen MR) is 86.7 cm³/mol. The van der Waals surface area contributed by atoms with Crippen molar-refractivity contribution in [1.82, 2.24) is 0 Å². The number of hydrogen-bond acceptors (Lipinski definition) is 3. The Hall–Kier alpha value is -2.81. The fourth-order valence-corrected chi connectivity index (χ4v) is 2.55. The number of fused-ring (bicyclic) bond motifs is 3. The van der Waals surface area contributed by atoms with Crippen molar-refractivity contribution in [3.63, 3.8) is 0 Å². The van der Waals surface area contributed by atoms with Gasteiger partial charge in [0.1, 0.15) is 13.2 Å². The summed E-state index contributed by atoms with van der Waals surface area (Å²) < 4.78 is 11.3. The van der Waals surface area contributed by atoms with Gasteiger partial charge in [-0.25, -0.2) is 0 Å². The molecule has 0 N–H and O–H groups in total. The molecule has 0 aliphatic heterocycles.